The Morgan fingerprint density at radius 3 is 2.62 bits per heavy atom. The largest absolute Gasteiger partial charge is 0.425 e. The van der Waals surface area contributed by atoms with Crippen LogP contribution in [0.3, 0.4) is 0 Å². The van der Waals surface area contributed by atoms with Gasteiger partial charge in [-0.05, 0) is 12.8 Å². The van der Waals surface area contributed by atoms with Crippen molar-refractivity contribution in [3.8, 4) is 0 Å². The molecule has 21 heavy (non-hydrogen) atoms. The second kappa shape index (κ2) is 6.77. The Balaban J connectivity index is 2.01. The fourth-order valence-electron chi connectivity index (χ4n) is 2.80. The third-order valence-corrected chi connectivity index (χ3v) is 3.88. The maximum Gasteiger partial charge on any atom is 0.392 e. The predicted molar refractivity (Wildman–Crippen MR) is 71.9 cm³/mol. The number of aromatic nitrogens is 2. The summed E-state index contributed by atoms with van der Waals surface area (Å²) in [5, 5.41) is 10.9. The highest BCUT2D eigenvalue weighted by atomic mass is 19.4. The van der Waals surface area contributed by atoms with E-state index in [0.717, 1.165) is 6.42 Å². The van der Waals surface area contributed by atoms with E-state index in [2.05, 4.69) is 15.5 Å². The van der Waals surface area contributed by atoms with Crippen molar-refractivity contribution in [1.29, 1.82) is 0 Å². The van der Waals surface area contributed by atoms with Gasteiger partial charge in [0.1, 0.15) is 0 Å². The van der Waals surface area contributed by atoms with Crippen molar-refractivity contribution in [2.45, 2.75) is 64.1 Å². The van der Waals surface area contributed by atoms with Crippen molar-refractivity contribution in [3.05, 3.63) is 11.8 Å². The van der Waals surface area contributed by atoms with E-state index in [1.165, 1.54) is 0 Å². The molecule has 1 saturated carbocycles. The normalized spacial score (nSPS) is 23.7. The molecule has 1 aromatic rings. The number of hydrogen-bond donors (Lipinski definition) is 1. The lowest BCUT2D eigenvalue weighted by molar-refractivity contribution is -0.188. The van der Waals surface area contributed by atoms with E-state index in [1.807, 2.05) is 13.8 Å². The number of halogens is 3. The Labute approximate surface area is 122 Å². The lowest BCUT2D eigenvalue weighted by Crippen LogP contribution is -2.31. The zero-order valence-corrected chi connectivity index (χ0v) is 12.4. The number of nitrogens with one attached hydrogen (secondary N) is 1. The van der Waals surface area contributed by atoms with Crippen LogP contribution in [-0.4, -0.2) is 29.0 Å². The van der Waals surface area contributed by atoms with Crippen LogP contribution in [0.5, 0.6) is 0 Å². The third-order valence-electron chi connectivity index (χ3n) is 3.88. The highest BCUT2D eigenvalue weighted by molar-refractivity contribution is 4.99. The van der Waals surface area contributed by atoms with Crippen LogP contribution in [-0.2, 0) is 6.42 Å². The third kappa shape index (κ3) is 4.43. The van der Waals surface area contributed by atoms with Crippen LogP contribution in [0, 0.1) is 5.92 Å². The molecule has 1 fully saturated rings. The van der Waals surface area contributed by atoms with Gasteiger partial charge >= 0.3 is 6.18 Å². The summed E-state index contributed by atoms with van der Waals surface area (Å²) in [5.41, 5.74) is 0. The average Bonchev–Trinajstić information content (AvgIpc) is 2.86. The van der Waals surface area contributed by atoms with Gasteiger partial charge in [-0.3, -0.25) is 0 Å². The molecule has 0 aliphatic heterocycles. The highest BCUT2D eigenvalue weighted by Gasteiger charge is 2.47. The fourth-order valence-corrected chi connectivity index (χ4v) is 2.80. The lowest BCUT2D eigenvalue weighted by atomic mass is 9.79. The van der Waals surface area contributed by atoms with E-state index in [-0.39, 0.29) is 12.3 Å². The maximum atomic E-state index is 13.1. The summed E-state index contributed by atoms with van der Waals surface area (Å²) >= 11 is 0. The first kappa shape index (κ1) is 16.3. The molecule has 1 N–H and O–H groups in total. The van der Waals surface area contributed by atoms with Gasteiger partial charge in [0, 0.05) is 24.9 Å². The van der Waals surface area contributed by atoms with Gasteiger partial charge in [-0.1, -0.05) is 26.7 Å². The van der Waals surface area contributed by atoms with Gasteiger partial charge in [-0.25, -0.2) is 0 Å². The summed E-state index contributed by atoms with van der Waals surface area (Å²) in [5.74, 6) is -1.48. The molecule has 0 amide bonds. The summed E-state index contributed by atoms with van der Waals surface area (Å²) in [4.78, 5) is 0. The molecule has 7 heteroatoms. The molecule has 0 saturated heterocycles. The molecule has 0 aromatic carbocycles. The van der Waals surface area contributed by atoms with Gasteiger partial charge in [0.25, 0.3) is 0 Å². The summed E-state index contributed by atoms with van der Waals surface area (Å²) in [7, 11) is 0. The molecule has 1 aliphatic carbocycles. The van der Waals surface area contributed by atoms with Crippen molar-refractivity contribution in [2.24, 2.45) is 5.92 Å². The van der Waals surface area contributed by atoms with Gasteiger partial charge in [-0.2, -0.15) is 13.2 Å². The summed E-state index contributed by atoms with van der Waals surface area (Å²) in [6.07, 6.45) is -1.64. The standard InChI is InChI=1S/C14H22F3N3O/c1-9(2)18-8-7-12-19-20-13(21-12)10-5-3-4-6-11(10)14(15,16)17/h9-11,18H,3-8H2,1-2H3. The van der Waals surface area contributed by atoms with Crippen LogP contribution in [0.4, 0.5) is 13.2 Å². The Bertz CT molecular complexity index is 445. The minimum absolute atomic E-state index is 0.150. The SMILES string of the molecule is CC(C)NCCc1nnc(C2CCCCC2C(F)(F)F)o1. The van der Waals surface area contributed by atoms with Crippen molar-refractivity contribution >= 4 is 0 Å². The molecule has 0 bridgehead atoms. The summed E-state index contributed by atoms with van der Waals surface area (Å²) < 4.78 is 44.7. The van der Waals surface area contributed by atoms with Crippen LogP contribution in [0.15, 0.2) is 4.42 Å². The van der Waals surface area contributed by atoms with Crippen LogP contribution in [0.1, 0.15) is 57.2 Å². The fraction of sp³-hybridized carbons (Fsp3) is 0.857. The smallest absolute Gasteiger partial charge is 0.392 e. The molecule has 2 unspecified atom stereocenters. The van der Waals surface area contributed by atoms with Crippen LogP contribution in [0.25, 0.3) is 0 Å². The number of hydrogen-bond acceptors (Lipinski definition) is 4. The number of rotatable bonds is 5. The molecule has 1 aromatic heterocycles. The molecule has 0 radical (unpaired) electrons. The van der Waals surface area contributed by atoms with Crippen LogP contribution in [0.2, 0.25) is 0 Å². The molecule has 1 heterocycles. The first-order valence-electron chi connectivity index (χ1n) is 7.50. The average molecular weight is 305 g/mol. The van der Waals surface area contributed by atoms with E-state index in [4.69, 9.17) is 4.42 Å². The minimum Gasteiger partial charge on any atom is -0.425 e. The van der Waals surface area contributed by atoms with Gasteiger partial charge in [0.2, 0.25) is 11.8 Å². The van der Waals surface area contributed by atoms with Gasteiger partial charge in [0.15, 0.2) is 0 Å². The van der Waals surface area contributed by atoms with Crippen LogP contribution >= 0.6 is 0 Å². The van der Waals surface area contributed by atoms with E-state index in [1.54, 1.807) is 0 Å². The Kier molecular flexibility index (Phi) is 5.24. The molecule has 1 aliphatic rings. The van der Waals surface area contributed by atoms with Crippen molar-refractivity contribution < 1.29 is 17.6 Å². The number of nitrogens with zero attached hydrogens (tertiary/aromatic N) is 2. The molecule has 2 atom stereocenters. The Morgan fingerprint density at radius 1 is 1.24 bits per heavy atom. The van der Waals surface area contributed by atoms with Crippen LogP contribution < -0.4 is 5.32 Å². The molecular weight excluding hydrogens is 283 g/mol. The zero-order valence-electron chi connectivity index (χ0n) is 12.4. The van der Waals surface area contributed by atoms with Crippen molar-refractivity contribution in [2.75, 3.05) is 6.54 Å². The second-order valence-corrected chi connectivity index (χ2v) is 5.93. The van der Waals surface area contributed by atoms with E-state index in [9.17, 15) is 13.2 Å². The van der Waals surface area contributed by atoms with Crippen molar-refractivity contribution in [3.63, 3.8) is 0 Å². The summed E-state index contributed by atoms with van der Waals surface area (Å²) in [6, 6.07) is 0.348. The molecular formula is C14H22F3N3O. The topological polar surface area (TPSA) is 51.0 Å². The summed E-state index contributed by atoms with van der Waals surface area (Å²) in [6.45, 7) is 4.72. The van der Waals surface area contributed by atoms with Gasteiger partial charge < -0.3 is 9.73 Å². The van der Waals surface area contributed by atoms with Crippen molar-refractivity contribution in [1.82, 2.24) is 15.5 Å². The zero-order chi connectivity index (χ0) is 15.5. The minimum atomic E-state index is -4.20. The Hall–Kier alpha value is -1.11. The molecule has 120 valence electrons. The van der Waals surface area contributed by atoms with E-state index < -0.39 is 18.0 Å². The second-order valence-electron chi connectivity index (χ2n) is 5.93. The highest BCUT2D eigenvalue weighted by Crippen LogP contribution is 2.45. The first-order valence-corrected chi connectivity index (χ1v) is 7.50. The molecule has 2 rings (SSSR count). The lowest BCUT2D eigenvalue weighted by Gasteiger charge is -2.30. The number of alkyl halides is 3. The maximum absolute atomic E-state index is 13.1. The Morgan fingerprint density at radius 2 is 1.95 bits per heavy atom. The first-order chi connectivity index (χ1) is 9.88. The predicted octanol–water partition coefficient (Wildman–Crippen LogP) is 3.45. The van der Waals surface area contributed by atoms with E-state index >= 15 is 0 Å². The van der Waals surface area contributed by atoms with Gasteiger partial charge in [0.05, 0.1) is 5.92 Å². The van der Waals surface area contributed by atoms with Gasteiger partial charge in [-0.15, -0.1) is 10.2 Å². The van der Waals surface area contributed by atoms with E-state index in [0.29, 0.717) is 37.7 Å². The molecule has 4 nitrogen and oxygen atoms in total. The quantitative estimate of drug-likeness (QED) is 0.905. The molecule has 0 spiro atoms. The monoisotopic (exact) mass is 305 g/mol.